The second-order valence-corrected chi connectivity index (χ2v) is 8.49. The Bertz CT molecular complexity index is 718. The van der Waals surface area contributed by atoms with E-state index in [1.807, 2.05) is 30.3 Å². The Morgan fingerprint density at radius 3 is 2.78 bits per heavy atom. The van der Waals surface area contributed by atoms with E-state index in [0.29, 0.717) is 22.0 Å². The van der Waals surface area contributed by atoms with Crippen LogP contribution < -0.4 is 10.6 Å². The Balaban J connectivity index is 1.38. The van der Waals surface area contributed by atoms with E-state index in [9.17, 15) is 4.79 Å². The van der Waals surface area contributed by atoms with Gasteiger partial charge in [-0.25, -0.2) is 0 Å². The number of aromatic nitrogens is 1. The standard InChI is InChI=1S/C16H16ClN3OS2/c17-14-8-15(20-23-14)22-11-4-1-9(2-5-11)16(21)19-13-7-10-3-6-12(13)18-10/h1-2,4-5,8,10,12-13,18H,3,6-7H2,(H,19,21)/t10-,12+,13-/m1/s1. The minimum absolute atomic E-state index is 0.0117. The number of nitrogens with zero attached hydrogens (tertiary/aromatic N) is 1. The van der Waals surface area contributed by atoms with E-state index in [0.717, 1.165) is 16.3 Å². The molecule has 2 aromatic rings. The molecule has 1 aromatic carbocycles. The summed E-state index contributed by atoms with van der Waals surface area (Å²) in [6.07, 6.45) is 3.46. The van der Waals surface area contributed by atoms with Crippen molar-refractivity contribution in [2.45, 2.75) is 47.3 Å². The van der Waals surface area contributed by atoms with Crippen LogP contribution in [0.1, 0.15) is 29.6 Å². The first kappa shape index (κ1) is 15.4. The average Bonchev–Trinajstić information content (AvgIpc) is 3.25. The van der Waals surface area contributed by atoms with Gasteiger partial charge >= 0.3 is 0 Å². The second-order valence-electron chi connectivity index (χ2n) is 5.96. The number of carbonyl (C=O) groups excluding carboxylic acids is 1. The zero-order valence-electron chi connectivity index (χ0n) is 12.3. The topological polar surface area (TPSA) is 54.0 Å². The number of hydrogen-bond donors (Lipinski definition) is 2. The molecule has 2 bridgehead atoms. The van der Waals surface area contributed by atoms with Gasteiger partial charge in [0, 0.05) is 34.7 Å². The fourth-order valence-electron chi connectivity index (χ4n) is 3.32. The van der Waals surface area contributed by atoms with Gasteiger partial charge in [0.2, 0.25) is 0 Å². The lowest BCUT2D eigenvalue weighted by Gasteiger charge is -2.21. The summed E-state index contributed by atoms with van der Waals surface area (Å²) in [5.74, 6) is 0.0117. The summed E-state index contributed by atoms with van der Waals surface area (Å²) in [4.78, 5) is 13.4. The molecule has 0 radical (unpaired) electrons. The number of rotatable bonds is 4. The van der Waals surface area contributed by atoms with Crippen molar-refractivity contribution in [1.29, 1.82) is 0 Å². The molecule has 0 aliphatic carbocycles. The minimum atomic E-state index is 0.0117. The van der Waals surface area contributed by atoms with E-state index in [1.54, 1.807) is 11.8 Å². The van der Waals surface area contributed by atoms with Crippen molar-refractivity contribution < 1.29 is 4.79 Å². The molecule has 0 unspecified atom stereocenters. The van der Waals surface area contributed by atoms with Crippen molar-refractivity contribution >= 4 is 40.8 Å². The lowest BCUT2D eigenvalue weighted by Crippen LogP contribution is -2.42. The van der Waals surface area contributed by atoms with Crippen molar-refractivity contribution in [3.63, 3.8) is 0 Å². The predicted molar refractivity (Wildman–Crippen MR) is 93.5 cm³/mol. The van der Waals surface area contributed by atoms with Crippen LogP contribution in [0.5, 0.6) is 0 Å². The van der Waals surface area contributed by atoms with Gasteiger partial charge in [0.1, 0.15) is 9.36 Å². The molecule has 0 spiro atoms. The van der Waals surface area contributed by atoms with Gasteiger partial charge in [0.05, 0.1) is 0 Å². The lowest BCUT2D eigenvalue weighted by atomic mass is 9.95. The molecule has 1 amide bonds. The monoisotopic (exact) mass is 365 g/mol. The van der Waals surface area contributed by atoms with E-state index in [1.165, 1.54) is 24.4 Å². The van der Waals surface area contributed by atoms with Crippen LogP contribution >= 0.6 is 34.9 Å². The highest BCUT2D eigenvalue weighted by molar-refractivity contribution is 7.99. The average molecular weight is 366 g/mol. The summed E-state index contributed by atoms with van der Waals surface area (Å²) in [6.45, 7) is 0. The van der Waals surface area contributed by atoms with Gasteiger partial charge in [0.15, 0.2) is 0 Å². The fraction of sp³-hybridized carbons (Fsp3) is 0.375. The van der Waals surface area contributed by atoms with Crippen LogP contribution in [-0.4, -0.2) is 28.4 Å². The smallest absolute Gasteiger partial charge is 0.251 e. The highest BCUT2D eigenvalue weighted by Gasteiger charge is 2.39. The van der Waals surface area contributed by atoms with Crippen molar-refractivity contribution in [2.75, 3.05) is 0 Å². The van der Waals surface area contributed by atoms with Crippen LogP contribution in [0.2, 0.25) is 4.34 Å². The molecule has 3 atom stereocenters. The molecule has 120 valence electrons. The van der Waals surface area contributed by atoms with E-state index in [-0.39, 0.29) is 11.9 Å². The van der Waals surface area contributed by atoms with Crippen LogP contribution in [0.25, 0.3) is 0 Å². The first-order chi connectivity index (χ1) is 11.2. The summed E-state index contributed by atoms with van der Waals surface area (Å²) in [5, 5.41) is 7.58. The quantitative estimate of drug-likeness (QED) is 0.869. The largest absolute Gasteiger partial charge is 0.348 e. The Labute approximate surface area is 148 Å². The number of benzene rings is 1. The molecular weight excluding hydrogens is 350 g/mol. The Morgan fingerprint density at radius 1 is 1.35 bits per heavy atom. The SMILES string of the molecule is O=C(N[C@@H]1C[C@H]2CC[C@@H]1N2)c1ccc(Sc2cc(Cl)sn2)cc1. The molecule has 23 heavy (non-hydrogen) atoms. The van der Waals surface area contributed by atoms with Crippen molar-refractivity contribution in [2.24, 2.45) is 0 Å². The third-order valence-corrected chi connectivity index (χ3v) is 6.35. The maximum absolute atomic E-state index is 12.4. The van der Waals surface area contributed by atoms with E-state index in [4.69, 9.17) is 11.6 Å². The van der Waals surface area contributed by atoms with Gasteiger partial charge in [-0.15, -0.1) is 0 Å². The highest BCUT2D eigenvalue weighted by atomic mass is 35.5. The van der Waals surface area contributed by atoms with E-state index in [2.05, 4.69) is 15.0 Å². The van der Waals surface area contributed by atoms with Crippen LogP contribution in [0.4, 0.5) is 0 Å². The van der Waals surface area contributed by atoms with Gasteiger partial charge in [-0.05, 0) is 55.1 Å². The summed E-state index contributed by atoms with van der Waals surface area (Å²) >= 11 is 8.71. The molecular formula is C16H16ClN3OS2. The Kier molecular flexibility index (Phi) is 4.32. The fourth-order valence-corrected chi connectivity index (χ4v) is 5.01. The molecule has 3 heterocycles. The number of nitrogens with one attached hydrogen (secondary N) is 2. The van der Waals surface area contributed by atoms with Gasteiger partial charge in [0.25, 0.3) is 5.91 Å². The molecule has 4 rings (SSSR count). The minimum Gasteiger partial charge on any atom is -0.348 e. The summed E-state index contributed by atoms with van der Waals surface area (Å²) in [7, 11) is 0. The molecule has 7 heteroatoms. The lowest BCUT2D eigenvalue weighted by molar-refractivity contribution is 0.0931. The number of halogens is 1. The first-order valence-electron chi connectivity index (χ1n) is 7.64. The molecule has 2 N–H and O–H groups in total. The Hall–Kier alpha value is -1.08. The number of amides is 1. The van der Waals surface area contributed by atoms with Crippen LogP contribution in [0, 0.1) is 0 Å². The number of fused-ring (bicyclic) bond motifs is 2. The third kappa shape index (κ3) is 3.40. The van der Waals surface area contributed by atoms with Gasteiger partial charge in [-0.2, -0.15) is 4.37 Å². The summed E-state index contributed by atoms with van der Waals surface area (Å²) in [5.41, 5.74) is 0.702. The van der Waals surface area contributed by atoms with Crippen molar-refractivity contribution in [3.8, 4) is 0 Å². The molecule has 2 aliphatic rings. The zero-order chi connectivity index (χ0) is 15.8. The van der Waals surface area contributed by atoms with Crippen LogP contribution in [0.15, 0.2) is 40.3 Å². The molecule has 2 aliphatic heterocycles. The van der Waals surface area contributed by atoms with E-state index >= 15 is 0 Å². The first-order valence-corrected chi connectivity index (χ1v) is 9.61. The maximum Gasteiger partial charge on any atom is 0.251 e. The Morgan fingerprint density at radius 2 is 2.17 bits per heavy atom. The third-order valence-electron chi connectivity index (χ3n) is 4.42. The van der Waals surface area contributed by atoms with Crippen LogP contribution in [-0.2, 0) is 0 Å². The summed E-state index contributed by atoms with van der Waals surface area (Å²) in [6, 6.07) is 10.8. The molecule has 2 saturated heterocycles. The second kappa shape index (κ2) is 6.43. The number of hydrogen-bond acceptors (Lipinski definition) is 5. The predicted octanol–water partition coefficient (Wildman–Crippen LogP) is 3.57. The van der Waals surface area contributed by atoms with Gasteiger partial charge in [-0.1, -0.05) is 23.4 Å². The number of carbonyl (C=O) groups is 1. The van der Waals surface area contributed by atoms with Crippen molar-refractivity contribution in [1.82, 2.24) is 15.0 Å². The maximum atomic E-state index is 12.4. The normalized spacial score (nSPS) is 25.7. The van der Waals surface area contributed by atoms with E-state index < -0.39 is 0 Å². The highest BCUT2D eigenvalue weighted by Crippen LogP contribution is 2.31. The zero-order valence-corrected chi connectivity index (χ0v) is 14.7. The van der Waals surface area contributed by atoms with Gasteiger partial charge < -0.3 is 10.6 Å². The van der Waals surface area contributed by atoms with Crippen molar-refractivity contribution in [3.05, 3.63) is 40.2 Å². The molecule has 4 nitrogen and oxygen atoms in total. The summed E-state index contributed by atoms with van der Waals surface area (Å²) < 4.78 is 4.93. The molecule has 1 aromatic heterocycles. The molecule has 0 saturated carbocycles. The van der Waals surface area contributed by atoms with Gasteiger partial charge in [-0.3, -0.25) is 4.79 Å². The van der Waals surface area contributed by atoms with Crippen LogP contribution in [0.3, 0.4) is 0 Å². The molecule has 2 fully saturated rings.